The highest BCUT2D eigenvalue weighted by atomic mass is 16.3. The van der Waals surface area contributed by atoms with Crippen LogP contribution in [0.2, 0.25) is 0 Å². The highest BCUT2D eigenvalue weighted by Crippen LogP contribution is 2.27. The molecule has 0 bridgehead atoms. The van der Waals surface area contributed by atoms with Crippen LogP contribution in [0.5, 0.6) is 0 Å². The van der Waals surface area contributed by atoms with Crippen LogP contribution in [-0.4, -0.2) is 18.4 Å². The quantitative estimate of drug-likeness (QED) is 0.841. The molecule has 5 nitrogen and oxygen atoms in total. The SMILES string of the molecule is O=C(NCc1ccco1)C(=O)N1CCc2ccccc21. The van der Waals surface area contributed by atoms with Gasteiger partial charge in [-0.2, -0.15) is 0 Å². The molecule has 0 saturated carbocycles. The fraction of sp³-hybridized carbons (Fsp3) is 0.200. The molecule has 2 aromatic rings. The van der Waals surface area contributed by atoms with Gasteiger partial charge in [-0.15, -0.1) is 0 Å². The highest BCUT2D eigenvalue weighted by molar-refractivity contribution is 6.40. The molecule has 0 atom stereocenters. The monoisotopic (exact) mass is 270 g/mol. The Morgan fingerprint density at radius 2 is 2.05 bits per heavy atom. The maximum Gasteiger partial charge on any atom is 0.316 e. The number of nitrogens with one attached hydrogen (secondary N) is 1. The van der Waals surface area contributed by atoms with Crippen LogP contribution in [0.3, 0.4) is 0 Å². The van der Waals surface area contributed by atoms with Crippen LogP contribution in [0.4, 0.5) is 5.69 Å². The van der Waals surface area contributed by atoms with Crippen molar-refractivity contribution in [1.29, 1.82) is 0 Å². The summed E-state index contributed by atoms with van der Waals surface area (Å²) in [4.78, 5) is 25.6. The van der Waals surface area contributed by atoms with Crippen LogP contribution >= 0.6 is 0 Å². The summed E-state index contributed by atoms with van der Waals surface area (Å²) in [6, 6.07) is 11.1. The molecule has 0 unspecified atom stereocenters. The molecule has 1 aliphatic rings. The Labute approximate surface area is 116 Å². The number of hydrogen-bond donors (Lipinski definition) is 1. The first-order valence-electron chi connectivity index (χ1n) is 6.45. The van der Waals surface area contributed by atoms with Gasteiger partial charge in [-0.3, -0.25) is 9.59 Å². The van der Waals surface area contributed by atoms with Crippen molar-refractivity contribution in [2.75, 3.05) is 11.4 Å². The van der Waals surface area contributed by atoms with E-state index in [1.807, 2.05) is 24.3 Å². The fourth-order valence-electron chi connectivity index (χ4n) is 2.33. The number of carbonyl (C=O) groups excluding carboxylic acids is 2. The van der Waals surface area contributed by atoms with Gasteiger partial charge in [-0.1, -0.05) is 18.2 Å². The minimum absolute atomic E-state index is 0.215. The summed E-state index contributed by atoms with van der Waals surface area (Å²) in [5.74, 6) is -0.521. The Morgan fingerprint density at radius 1 is 1.20 bits per heavy atom. The minimum atomic E-state index is -0.613. The molecule has 1 aromatic carbocycles. The first kappa shape index (κ1) is 12.5. The number of fused-ring (bicyclic) bond motifs is 1. The molecular formula is C15H14N2O3. The standard InChI is InChI=1S/C15H14N2O3/c18-14(16-10-12-5-3-9-20-12)15(19)17-8-7-11-4-1-2-6-13(11)17/h1-6,9H,7-8,10H2,(H,16,18). The lowest BCUT2D eigenvalue weighted by Crippen LogP contribution is -2.42. The van der Waals surface area contributed by atoms with E-state index in [0.717, 1.165) is 17.7 Å². The Kier molecular flexibility index (Phi) is 3.25. The predicted molar refractivity (Wildman–Crippen MR) is 73.1 cm³/mol. The van der Waals surface area contributed by atoms with Gasteiger partial charge in [-0.05, 0) is 30.2 Å². The number of furan rings is 1. The van der Waals surface area contributed by atoms with E-state index in [1.165, 1.54) is 11.2 Å². The summed E-state index contributed by atoms with van der Waals surface area (Å²) in [5.41, 5.74) is 1.92. The van der Waals surface area contributed by atoms with Gasteiger partial charge in [-0.25, -0.2) is 0 Å². The minimum Gasteiger partial charge on any atom is -0.467 e. The molecule has 0 spiro atoms. The van der Waals surface area contributed by atoms with Gasteiger partial charge in [0.1, 0.15) is 5.76 Å². The zero-order valence-electron chi connectivity index (χ0n) is 10.8. The number of rotatable bonds is 2. The summed E-state index contributed by atoms with van der Waals surface area (Å²) in [5, 5.41) is 2.57. The Balaban J connectivity index is 1.66. The van der Waals surface area contributed by atoms with Gasteiger partial charge in [0, 0.05) is 12.2 Å². The molecular weight excluding hydrogens is 256 g/mol. The van der Waals surface area contributed by atoms with Gasteiger partial charge in [0.25, 0.3) is 0 Å². The van der Waals surface area contributed by atoms with Gasteiger partial charge in [0.15, 0.2) is 0 Å². The molecule has 1 aliphatic heterocycles. The van der Waals surface area contributed by atoms with Crippen molar-refractivity contribution < 1.29 is 14.0 Å². The number of nitrogens with zero attached hydrogens (tertiary/aromatic N) is 1. The maximum absolute atomic E-state index is 12.2. The lowest BCUT2D eigenvalue weighted by molar-refractivity contribution is -0.137. The Morgan fingerprint density at radius 3 is 2.85 bits per heavy atom. The zero-order valence-corrected chi connectivity index (χ0v) is 10.8. The largest absolute Gasteiger partial charge is 0.467 e. The van der Waals surface area contributed by atoms with E-state index >= 15 is 0 Å². The van der Waals surface area contributed by atoms with E-state index in [2.05, 4.69) is 5.32 Å². The molecule has 0 radical (unpaired) electrons. The number of hydrogen-bond acceptors (Lipinski definition) is 3. The lowest BCUT2D eigenvalue weighted by Gasteiger charge is -2.16. The summed E-state index contributed by atoms with van der Waals surface area (Å²) >= 11 is 0. The zero-order chi connectivity index (χ0) is 13.9. The van der Waals surface area contributed by atoms with E-state index < -0.39 is 11.8 Å². The van der Waals surface area contributed by atoms with Crippen LogP contribution in [-0.2, 0) is 22.6 Å². The van der Waals surface area contributed by atoms with Crippen LogP contribution in [0.15, 0.2) is 47.1 Å². The molecule has 5 heteroatoms. The summed E-state index contributed by atoms with van der Waals surface area (Å²) in [6.07, 6.45) is 2.31. The number of carbonyl (C=O) groups is 2. The van der Waals surface area contributed by atoms with E-state index in [4.69, 9.17) is 4.42 Å². The van der Waals surface area contributed by atoms with Crippen LogP contribution in [0, 0.1) is 0 Å². The van der Waals surface area contributed by atoms with Crippen LogP contribution in [0.25, 0.3) is 0 Å². The molecule has 2 heterocycles. The molecule has 102 valence electrons. The van der Waals surface area contributed by atoms with E-state index in [0.29, 0.717) is 12.3 Å². The Bertz CT molecular complexity index is 634. The average Bonchev–Trinajstić information content (AvgIpc) is 3.13. The smallest absolute Gasteiger partial charge is 0.316 e. The number of anilines is 1. The summed E-state index contributed by atoms with van der Waals surface area (Å²) < 4.78 is 5.11. The molecule has 0 aliphatic carbocycles. The first-order valence-corrected chi connectivity index (χ1v) is 6.45. The predicted octanol–water partition coefficient (Wildman–Crippen LogP) is 1.49. The van der Waals surface area contributed by atoms with E-state index in [-0.39, 0.29) is 6.54 Å². The molecule has 0 fully saturated rings. The average molecular weight is 270 g/mol. The third-order valence-corrected chi connectivity index (χ3v) is 3.33. The van der Waals surface area contributed by atoms with Gasteiger partial charge >= 0.3 is 11.8 Å². The van der Waals surface area contributed by atoms with Crippen molar-refractivity contribution in [3.05, 3.63) is 54.0 Å². The molecule has 1 N–H and O–H groups in total. The second-order valence-corrected chi connectivity index (χ2v) is 4.60. The summed E-state index contributed by atoms with van der Waals surface area (Å²) in [6.45, 7) is 0.763. The van der Waals surface area contributed by atoms with Crippen molar-refractivity contribution >= 4 is 17.5 Å². The first-order chi connectivity index (χ1) is 9.75. The second-order valence-electron chi connectivity index (χ2n) is 4.60. The van der Waals surface area contributed by atoms with Crippen molar-refractivity contribution in [2.24, 2.45) is 0 Å². The van der Waals surface area contributed by atoms with Gasteiger partial charge < -0.3 is 14.6 Å². The molecule has 3 rings (SSSR count). The number of para-hydroxylation sites is 1. The number of amides is 2. The van der Waals surface area contributed by atoms with E-state index in [9.17, 15) is 9.59 Å². The second kappa shape index (κ2) is 5.21. The topological polar surface area (TPSA) is 62.6 Å². The third kappa shape index (κ3) is 2.30. The van der Waals surface area contributed by atoms with Crippen molar-refractivity contribution in [1.82, 2.24) is 5.32 Å². The van der Waals surface area contributed by atoms with Crippen LogP contribution in [0.1, 0.15) is 11.3 Å². The maximum atomic E-state index is 12.2. The fourth-order valence-corrected chi connectivity index (χ4v) is 2.33. The molecule has 20 heavy (non-hydrogen) atoms. The number of benzene rings is 1. The van der Waals surface area contributed by atoms with Gasteiger partial charge in [0.2, 0.25) is 0 Å². The lowest BCUT2D eigenvalue weighted by atomic mass is 10.2. The molecule has 0 saturated heterocycles. The van der Waals surface area contributed by atoms with Crippen LogP contribution < -0.4 is 10.2 Å². The normalized spacial score (nSPS) is 13.1. The van der Waals surface area contributed by atoms with E-state index in [1.54, 1.807) is 12.1 Å². The van der Waals surface area contributed by atoms with Gasteiger partial charge in [0.05, 0.1) is 12.8 Å². The van der Waals surface area contributed by atoms with Crippen molar-refractivity contribution in [3.8, 4) is 0 Å². The van der Waals surface area contributed by atoms with Crippen molar-refractivity contribution in [3.63, 3.8) is 0 Å². The Hall–Kier alpha value is -2.56. The molecule has 1 aromatic heterocycles. The third-order valence-electron chi connectivity index (χ3n) is 3.33. The highest BCUT2D eigenvalue weighted by Gasteiger charge is 2.28. The summed E-state index contributed by atoms with van der Waals surface area (Å²) in [7, 11) is 0. The van der Waals surface area contributed by atoms with Crippen molar-refractivity contribution in [2.45, 2.75) is 13.0 Å². The molecule has 2 amide bonds.